The summed E-state index contributed by atoms with van der Waals surface area (Å²) in [5.41, 5.74) is -0.424. The molecule has 0 unspecified atom stereocenters. The van der Waals surface area contributed by atoms with Crippen LogP contribution in [0.15, 0.2) is 0 Å². The fraction of sp³-hybridized carbons (Fsp3) is 0.929. The summed E-state index contributed by atoms with van der Waals surface area (Å²) in [6.07, 6.45) is 2.48. The quantitative estimate of drug-likeness (QED) is 0.805. The first-order chi connectivity index (χ1) is 8.97. The molecule has 0 aromatic rings. The number of piperidine rings is 1. The van der Waals surface area contributed by atoms with Crippen molar-refractivity contribution in [2.75, 3.05) is 39.3 Å². The minimum Gasteiger partial charge on any atom is -0.367 e. The van der Waals surface area contributed by atoms with Gasteiger partial charge in [0.1, 0.15) is 0 Å². The first kappa shape index (κ1) is 14.8. The van der Waals surface area contributed by atoms with Gasteiger partial charge >= 0.3 is 5.97 Å². The molecule has 2 aliphatic heterocycles. The zero-order valence-corrected chi connectivity index (χ0v) is 12.4. The van der Waals surface area contributed by atoms with Crippen LogP contribution in [-0.2, 0) is 9.63 Å². The number of nitrogens with one attached hydrogen (secondary N) is 1. The first-order valence-electron chi connectivity index (χ1n) is 7.39. The average molecular weight is 269 g/mol. The van der Waals surface area contributed by atoms with Gasteiger partial charge in [-0.1, -0.05) is 0 Å². The largest absolute Gasteiger partial charge is 0.367 e. The molecule has 0 aliphatic carbocycles. The number of carbonyl (C=O) groups excluding carboxylic acids is 1. The molecule has 19 heavy (non-hydrogen) atoms. The Morgan fingerprint density at radius 2 is 1.68 bits per heavy atom. The van der Waals surface area contributed by atoms with E-state index >= 15 is 0 Å². The van der Waals surface area contributed by atoms with Crippen molar-refractivity contribution in [3.05, 3.63) is 0 Å². The van der Waals surface area contributed by atoms with Crippen LogP contribution in [0, 0.1) is 5.41 Å². The number of carbonyl (C=O) groups is 1. The molecule has 2 fully saturated rings. The van der Waals surface area contributed by atoms with E-state index < -0.39 is 5.41 Å². The fourth-order valence-corrected chi connectivity index (χ4v) is 2.59. The fourth-order valence-electron chi connectivity index (χ4n) is 2.59. The van der Waals surface area contributed by atoms with Gasteiger partial charge in [0.15, 0.2) is 0 Å². The Morgan fingerprint density at radius 1 is 1.11 bits per heavy atom. The normalized spacial score (nSPS) is 24.4. The van der Waals surface area contributed by atoms with Gasteiger partial charge in [-0.2, -0.15) is 0 Å². The standard InChI is InChI=1S/C14H27N3O2/c1-14(2,3)13(18)19-17-10-8-16(9-11-17)12-4-6-15-7-5-12/h12,15H,4-11H2,1-3H3. The number of hydrogen-bond acceptors (Lipinski definition) is 5. The zero-order valence-electron chi connectivity index (χ0n) is 12.4. The van der Waals surface area contributed by atoms with Gasteiger partial charge in [0.05, 0.1) is 5.41 Å². The lowest BCUT2D eigenvalue weighted by Crippen LogP contribution is -2.53. The molecule has 5 nitrogen and oxygen atoms in total. The van der Waals surface area contributed by atoms with Gasteiger partial charge < -0.3 is 10.2 Å². The molecule has 0 aromatic carbocycles. The van der Waals surface area contributed by atoms with Crippen molar-refractivity contribution in [1.82, 2.24) is 15.3 Å². The molecule has 2 aliphatic rings. The predicted molar refractivity (Wildman–Crippen MR) is 74.6 cm³/mol. The van der Waals surface area contributed by atoms with E-state index in [0.29, 0.717) is 6.04 Å². The number of piperazine rings is 1. The van der Waals surface area contributed by atoms with Crippen LogP contribution in [-0.4, -0.2) is 61.2 Å². The Labute approximate surface area is 116 Å². The average Bonchev–Trinajstić information content (AvgIpc) is 2.39. The van der Waals surface area contributed by atoms with E-state index in [1.165, 1.54) is 12.8 Å². The monoisotopic (exact) mass is 269 g/mol. The maximum Gasteiger partial charge on any atom is 0.330 e. The maximum absolute atomic E-state index is 11.8. The maximum atomic E-state index is 11.8. The van der Waals surface area contributed by atoms with Crippen LogP contribution in [0.1, 0.15) is 33.6 Å². The molecule has 1 N–H and O–H groups in total. The van der Waals surface area contributed by atoms with Crippen molar-refractivity contribution in [3.8, 4) is 0 Å². The second-order valence-corrected chi connectivity index (χ2v) is 6.57. The SMILES string of the molecule is CC(C)(C)C(=O)ON1CCN(C2CCNCC2)CC1. The third-order valence-electron chi connectivity index (χ3n) is 3.92. The van der Waals surface area contributed by atoms with E-state index in [-0.39, 0.29) is 5.97 Å². The Balaban J connectivity index is 1.74. The predicted octanol–water partition coefficient (Wildman–Crippen LogP) is 0.860. The second kappa shape index (κ2) is 6.20. The highest BCUT2D eigenvalue weighted by Crippen LogP contribution is 2.18. The molecule has 0 bridgehead atoms. The molecule has 110 valence electrons. The van der Waals surface area contributed by atoms with Crippen LogP contribution >= 0.6 is 0 Å². The smallest absolute Gasteiger partial charge is 0.330 e. The van der Waals surface area contributed by atoms with E-state index in [4.69, 9.17) is 4.84 Å². The van der Waals surface area contributed by atoms with Crippen LogP contribution in [0.4, 0.5) is 0 Å². The zero-order chi connectivity index (χ0) is 13.9. The van der Waals surface area contributed by atoms with E-state index in [0.717, 1.165) is 39.3 Å². The molecule has 2 rings (SSSR count). The summed E-state index contributed by atoms with van der Waals surface area (Å²) in [7, 11) is 0. The summed E-state index contributed by atoms with van der Waals surface area (Å²) in [5.74, 6) is -0.136. The van der Waals surface area contributed by atoms with E-state index in [1.807, 2.05) is 25.8 Å². The molecule has 0 radical (unpaired) electrons. The van der Waals surface area contributed by atoms with Crippen molar-refractivity contribution in [2.45, 2.75) is 39.7 Å². The van der Waals surface area contributed by atoms with Crippen molar-refractivity contribution in [3.63, 3.8) is 0 Å². The third kappa shape index (κ3) is 4.16. The van der Waals surface area contributed by atoms with Gasteiger partial charge in [-0.3, -0.25) is 4.90 Å². The molecule has 0 saturated carbocycles. The van der Waals surface area contributed by atoms with E-state index in [1.54, 1.807) is 0 Å². The number of hydrogen-bond donors (Lipinski definition) is 1. The summed E-state index contributed by atoms with van der Waals surface area (Å²) in [4.78, 5) is 19.8. The van der Waals surface area contributed by atoms with Crippen molar-refractivity contribution in [1.29, 1.82) is 0 Å². The van der Waals surface area contributed by atoms with Crippen molar-refractivity contribution < 1.29 is 9.63 Å². The number of nitrogens with zero attached hydrogens (tertiary/aromatic N) is 2. The molecule has 0 aromatic heterocycles. The third-order valence-corrected chi connectivity index (χ3v) is 3.92. The topological polar surface area (TPSA) is 44.8 Å². The van der Waals surface area contributed by atoms with Crippen LogP contribution in [0.2, 0.25) is 0 Å². The highest BCUT2D eigenvalue weighted by Gasteiger charge is 2.29. The van der Waals surface area contributed by atoms with Crippen LogP contribution < -0.4 is 5.32 Å². The molecular weight excluding hydrogens is 242 g/mol. The van der Waals surface area contributed by atoms with Crippen LogP contribution in [0.25, 0.3) is 0 Å². The highest BCUT2D eigenvalue weighted by molar-refractivity contribution is 5.75. The second-order valence-electron chi connectivity index (χ2n) is 6.57. The molecule has 0 spiro atoms. The van der Waals surface area contributed by atoms with Gasteiger partial charge in [0.25, 0.3) is 0 Å². The number of hydroxylamine groups is 2. The Kier molecular flexibility index (Phi) is 4.81. The van der Waals surface area contributed by atoms with Crippen molar-refractivity contribution in [2.24, 2.45) is 5.41 Å². The summed E-state index contributed by atoms with van der Waals surface area (Å²) < 4.78 is 0. The van der Waals surface area contributed by atoms with Gasteiger partial charge in [-0.05, 0) is 46.7 Å². The number of rotatable bonds is 2. The van der Waals surface area contributed by atoms with Crippen molar-refractivity contribution >= 4 is 5.97 Å². The first-order valence-corrected chi connectivity index (χ1v) is 7.39. The van der Waals surface area contributed by atoms with E-state index in [9.17, 15) is 4.79 Å². The Morgan fingerprint density at radius 3 is 2.21 bits per heavy atom. The Bertz CT molecular complexity index is 300. The molecule has 0 atom stereocenters. The van der Waals surface area contributed by atoms with E-state index in [2.05, 4.69) is 10.2 Å². The summed E-state index contributed by atoms with van der Waals surface area (Å²) in [6.45, 7) is 11.6. The van der Waals surface area contributed by atoms with Gasteiger partial charge in [0, 0.05) is 32.2 Å². The Hall–Kier alpha value is -0.650. The molecule has 2 heterocycles. The summed E-state index contributed by atoms with van der Waals surface area (Å²) >= 11 is 0. The molecular formula is C14H27N3O2. The van der Waals surface area contributed by atoms with Gasteiger partial charge in [0.2, 0.25) is 0 Å². The highest BCUT2D eigenvalue weighted by atomic mass is 16.7. The minimum absolute atomic E-state index is 0.136. The lowest BCUT2D eigenvalue weighted by molar-refractivity contribution is -0.208. The lowest BCUT2D eigenvalue weighted by atomic mass is 9.98. The van der Waals surface area contributed by atoms with Crippen LogP contribution in [0.3, 0.4) is 0 Å². The molecule has 5 heteroatoms. The summed E-state index contributed by atoms with van der Waals surface area (Å²) in [6, 6.07) is 0.710. The minimum atomic E-state index is -0.424. The molecule has 2 saturated heterocycles. The lowest BCUT2D eigenvalue weighted by Gasteiger charge is -2.40. The van der Waals surface area contributed by atoms with Crippen LogP contribution in [0.5, 0.6) is 0 Å². The van der Waals surface area contributed by atoms with Gasteiger partial charge in [-0.15, -0.1) is 5.06 Å². The summed E-state index contributed by atoms with van der Waals surface area (Å²) in [5, 5.41) is 5.22. The molecule has 0 amide bonds. The van der Waals surface area contributed by atoms with Gasteiger partial charge in [-0.25, -0.2) is 4.79 Å².